The molecule has 0 radical (unpaired) electrons. The third-order valence-electron chi connectivity index (χ3n) is 3.91. The molecule has 2 unspecified atom stereocenters. The van der Waals surface area contributed by atoms with Crippen LogP contribution in [0.1, 0.15) is 65.2 Å². The minimum Gasteiger partial charge on any atom is -0.367 e. The zero-order valence-corrected chi connectivity index (χ0v) is 11.3. The summed E-state index contributed by atoms with van der Waals surface area (Å²) in [5.74, 6) is -0.0106. The van der Waals surface area contributed by atoms with Crippen molar-refractivity contribution in [3.63, 3.8) is 0 Å². The molecule has 0 aromatic carbocycles. The van der Waals surface area contributed by atoms with Crippen LogP contribution in [0, 0.1) is 5.92 Å². The molecule has 100 valence electrons. The molecular formula is C14H27NO2. The molecule has 1 fully saturated rings. The highest BCUT2D eigenvalue weighted by Crippen LogP contribution is 2.37. The van der Waals surface area contributed by atoms with Gasteiger partial charge in [-0.1, -0.05) is 58.8 Å². The Hall–Kier alpha value is -0.570. The first-order valence-corrected chi connectivity index (χ1v) is 7.07. The van der Waals surface area contributed by atoms with Gasteiger partial charge in [0.05, 0.1) is 6.61 Å². The standard InChI is InChI=1S/C14H27NO2/c1-3-4-5-6-7-8-9-10-12(2)14(11-17-14)13(15)16/h12H,3-11H2,1-2H3,(H2,15,16). The molecule has 1 aliphatic heterocycles. The Morgan fingerprint density at radius 1 is 1.24 bits per heavy atom. The number of epoxide rings is 1. The van der Waals surface area contributed by atoms with Crippen molar-refractivity contribution in [3.05, 3.63) is 0 Å². The summed E-state index contributed by atoms with van der Waals surface area (Å²) in [5, 5.41) is 0. The van der Waals surface area contributed by atoms with E-state index in [1.807, 2.05) is 0 Å². The Balaban J connectivity index is 2.01. The van der Waals surface area contributed by atoms with Gasteiger partial charge in [0.1, 0.15) is 0 Å². The lowest BCUT2D eigenvalue weighted by Gasteiger charge is -2.16. The minimum absolute atomic E-state index is 0.274. The minimum atomic E-state index is -0.609. The van der Waals surface area contributed by atoms with Gasteiger partial charge in [0.2, 0.25) is 0 Å². The number of ether oxygens (including phenoxy) is 1. The maximum absolute atomic E-state index is 11.2. The van der Waals surface area contributed by atoms with Gasteiger partial charge in [-0.05, 0) is 12.3 Å². The van der Waals surface area contributed by atoms with E-state index in [1.165, 1.54) is 44.9 Å². The molecule has 0 bridgehead atoms. The number of amides is 1. The van der Waals surface area contributed by atoms with E-state index in [2.05, 4.69) is 13.8 Å². The molecule has 3 nitrogen and oxygen atoms in total. The Morgan fingerprint density at radius 2 is 1.76 bits per heavy atom. The molecular weight excluding hydrogens is 214 g/mol. The summed E-state index contributed by atoms with van der Waals surface area (Å²) in [5.41, 5.74) is 4.75. The van der Waals surface area contributed by atoms with Gasteiger partial charge in [0.15, 0.2) is 5.60 Å². The van der Waals surface area contributed by atoms with Crippen molar-refractivity contribution in [1.29, 1.82) is 0 Å². The number of hydrogen-bond acceptors (Lipinski definition) is 2. The van der Waals surface area contributed by atoms with Gasteiger partial charge < -0.3 is 10.5 Å². The van der Waals surface area contributed by atoms with E-state index in [0.29, 0.717) is 6.61 Å². The van der Waals surface area contributed by atoms with Crippen molar-refractivity contribution < 1.29 is 9.53 Å². The molecule has 17 heavy (non-hydrogen) atoms. The van der Waals surface area contributed by atoms with E-state index >= 15 is 0 Å². The van der Waals surface area contributed by atoms with Crippen LogP contribution in [0.15, 0.2) is 0 Å². The summed E-state index contributed by atoms with van der Waals surface area (Å²) < 4.78 is 5.25. The number of primary amides is 1. The van der Waals surface area contributed by atoms with Gasteiger partial charge in [0.25, 0.3) is 5.91 Å². The normalized spacial score (nSPS) is 24.6. The topological polar surface area (TPSA) is 55.6 Å². The van der Waals surface area contributed by atoms with Crippen LogP contribution in [0.3, 0.4) is 0 Å². The van der Waals surface area contributed by atoms with Crippen LogP contribution in [0.5, 0.6) is 0 Å². The fourth-order valence-corrected chi connectivity index (χ4v) is 2.39. The van der Waals surface area contributed by atoms with Crippen molar-refractivity contribution in [3.8, 4) is 0 Å². The zero-order valence-electron chi connectivity index (χ0n) is 11.3. The van der Waals surface area contributed by atoms with Crippen molar-refractivity contribution >= 4 is 5.91 Å². The van der Waals surface area contributed by atoms with Gasteiger partial charge >= 0.3 is 0 Å². The Bertz CT molecular complexity index is 236. The number of rotatable bonds is 10. The largest absolute Gasteiger partial charge is 0.367 e. The van der Waals surface area contributed by atoms with E-state index in [1.54, 1.807) is 0 Å². The summed E-state index contributed by atoms with van der Waals surface area (Å²) in [6.07, 6.45) is 10.2. The highest BCUT2D eigenvalue weighted by Gasteiger charge is 2.54. The molecule has 0 aromatic heterocycles. The SMILES string of the molecule is CCCCCCCCCC(C)C1(C(N)=O)CO1. The van der Waals surface area contributed by atoms with Crippen LogP contribution in [-0.2, 0) is 9.53 Å². The molecule has 2 atom stereocenters. The quantitative estimate of drug-likeness (QED) is 0.472. The monoisotopic (exact) mass is 241 g/mol. The fraction of sp³-hybridized carbons (Fsp3) is 0.929. The van der Waals surface area contributed by atoms with E-state index in [-0.39, 0.29) is 11.8 Å². The van der Waals surface area contributed by atoms with Gasteiger partial charge in [0, 0.05) is 0 Å². The van der Waals surface area contributed by atoms with Gasteiger partial charge in [-0.2, -0.15) is 0 Å². The van der Waals surface area contributed by atoms with Crippen LogP contribution in [0.4, 0.5) is 0 Å². The Morgan fingerprint density at radius 3 is 2.24 bits per heavy atom. The van der Waals surface area contributed by atoms with Crippen LogP contribution < -0.4 is 5.73 Å². The Kier molecular flexibility index (Phi) is 5.96. The summed E-state index contributed by atoms with van der Waals surface area (Å²) >= 11 is 0. The van der Waals surface area contributed by atoms with Gasteiger partial charge in [-0.15, -0.1) is 0 Å². The highest BCUT2D eigenvalue weighted by molar-refractivity contribution is 5.86. The predicted octanol–water partition coefficient (Wildman–Crippen LogP) is 3.02. The molecule has 1 aliphatic rings. The van der Waals surface area contributed by atoms with E-state index in [0.717, 1.165) is 6.42 Å². The number of unbranched alkanes of at least 4 members (excludes halogenated alkanes) is 6. The second kappa shape index (κ2) is 7.00. The lowest BCUT2D eigenvalue weighted by Crippen LogP contribution is -2.37. The second-order valence-corrected chi connectivity index (χ2v) is 5.35. The lowest BCUT2D eigenvalue weighted by atomic mass is 9.89. The molecule has 0 spiro atoms. The molecule has 1 rings (SSSR count). The third-order valence-corrected chi connectivity index (χ3v) is 3.91. The van der Waals surface area contributed by atoms with E-state index in [4.69, 9.17) is 10.5 Å². The number of carbonyl (C=O) groups is 1. The predicted molar refractivity (Wildman–Crippen MR) is 69.7 cm³/mol. The average molecular weight is 241 g/mol. The summed E-state index contributed by atoms with van der Waals surface area (Å²) in [6, 6.07) is 0. The molecule has 3 heteroatoms. The number of nitrogens with two attached hydrogens (primary N) is 1. The van der Waals surface area contributed by atoms with Crippen LogP contribution in [0.25, 0.3) is 0 Å². The van der Waals surface area contributed by atoms with Crippen molar-refractivity contribution in [2.24, 2.45) is 11.7 Å². The summed E-state index contributed by atoms with van der Waals surface area (Å²) in [7, 11) is 0. The molecule has 0 aliphatic carbocycles. The molecule has 1 heterocycles. The molecule has 1 saturated heterocycles. The van der Waals surface area contributed by atoms with E-state index < -0.39 is 5.60 Å². The lowest BCUT2D eigenvalue weighted by molar-refractivity contribution is -0.124. The van der Waals surface area contributed by atoms with Gasteiger partial charge in [-0.3, -0.25) is 4.79 Å². The molecule has 0 saturated carbocycles. The first kappa shape index (κ1) is 14.5. The summed E-state index contributed by atoms with van der Waals surface area (Å²) in [4.78, 5) is 11.2. The van der Waals surface area contributed by atoms with Gasteiger partial charge in [-0.25, -0.2) is 0 Å². The van der Waals surface area contributed by atoms with Crippen molar-refractivity contribution in [2.75, 3.05) is 6.61 Å². The van der Waals surface area contributed by atoms with E-state index in [9.17, 15) is 4.79 Å². The van der Waals surface area contributed by atoms with Crippen LogP contribution >= 0.6 is 0 Å². The molecule has 0 aromatic rings. The first-order chi connectivity index (χ1) is 8.13. The highest BCUT2D eigenvalue weighted by atomic mass is 16.6. The maximum atomic E-state index is 11.2. The maximum Gasteiger partial charge on any atom is 0.252 e. The zero-order chi connectivity index (χ0) is 12.7. The Labute approximate surface area is 105 Å². The number of carbonyl (C=O) groups excluding carboxylic acids is 1. The fourth-order valence-electron chi connectivity index (χ4n) is 2.39. The smallest absolute Gasteiger partial charge is 0.252 e. The second-order valence-electron chi connectivity index (χ2n) is 5.35. The van der Waals surface area contributed by atoms with Crippen molar-refractivity contribution in [2.45, 2.75) is 70.8 Å². The molecule has 2 N–H and O–H groups in total. The number of hydrogen-bond donors (Lipinski definition) is 1. The van der Waals surface area contributed by atoms with Crippen LogP contribution in [-0.4, -0.2) is 18.1 Å². The van der Waals surface area contributed by atoms with Crippen LogP contribution in [0.2, 0.25) is 0 Å². The van der Waals surface area contributed by atoms with Crippen molar-refractivity contribution in [1.82, 2.24) is 0 Å². The average Bonchev–Trinajstić information content (AvgIpc) is 3.08. The summed E-state index contributed by atoms with van der Waals surface area (Å²) in [6.45, 7) is 4.84. The first-order valence-electron chi connectivity index (χ1n) is 7.07. The third kappa shape index (κ3) is 4.30. The molecule has 1 amide bonds.